The molecule has 1 aliphatic heterocycles. The van der Waals surface area contributed by atoms with Crippen LogP contribution >= 0.6 is 15.9 Å². The molecule has 1 aromatic heterocycles. The van der Waals surface area contributed by atoms with E-state index in [0.717, 1.165) is 23.0 Å². The van der Waals surface area contributed by atoms with Crippen molar-refractivity contribution in [1.82, 2.24) is 9.47 Å². The van der Waals surface area contributed by atoms with Gasteiger partial charge in [-0.25, -0.2) is 0 Å². The van der Waals surface area contributed by atoms with Crippen LogP contribution in [-0.2, 0) is 0 Å². The summed E-state index contributed by atoms with van der Waals surface area (Å²) in [6, 6.07) is 2.94. The van der Waals surface area contributed by atoms with E-state index in [1.165, 1.54) is 19.3 Å². The first-order valence-corrected chi connectivity index (χ1v) is 8.31. The first-order valence-electron chi connectivity index (χ1n) is 7.52. The van der Waals surface area contributed by atoms with E-state index in [-0.39, 0.29) is 18.0 Å². The minimum absolute atomic E-state index is 0.144. The summed E-state index contributed by atoms with van der Waals surface area (Å²) >= 11 is 3.50. The Kier molecular flexibility index (Phi) is 3.91. The van der Waals surface area contributed by atoms with Crippen LogP contribution in [0.15, 0.2) is 16.7 Å². The van der Waals surface area contributed by atoms with E-state index in [9.17, 15) is 4.79 Å². The molecule has 5 heteroatoms. The van der Waals surface area contributed by atoms with Gasteiger partial charge in [0.1, 0.15) is 5.69 Å². The summed E-state index contributed by atoms with van der Waals surface area (Å²) in [5.74, 6) is 0.144. The highest BCUT2D eigenvalue weighted by Gasteiger charge is 2.35. The minimum atomic E-state index is 0.144. The molecule has 0 bridgehead atoms. The zero-order valence-corrected chi connectivity index (χ0v) is 13.5. The van der Waals surface area contributed by atoms with Gasteiger partial charge in [-0.1, -0.05) is 0 Å². The first-order chi connectivity index (χ1) is 9.61. The lowest BCUT2D eigenvalue weighted by molar-refractivity contribution is 0.0483. The second kappa shape index (κ2) is 5.53. The average molecular weight is 340 g/mol. The fourth-order valence-corrected chi connectivity index (χ4v) is 3.73. The Balaban J connectivity index is 1.90. The molecule has 4 nitrogen and oxygen atoms in total. The highest BCUT2D eigenvalue weighted by molar-refractivity contribution is 9.10. The molecule has 2 heterocycles. The summed E-state index contributed by atoms with van der Waals surface area (Å²) in [5.41, 5.74) is 6.69. The number of hydrogen-bond acceptors (Lipinski definition) is 2. The Morgan fingerprint density at radius 2 is 2.15 bits per heavy atom. The summed E-state index contributed by atoms with van der Waals surface area (Å²) in [4.78, 5) is 15.0. The number of piperidine rings is 1. The van der Waals surface area contributed by atoms with Crippen molar-refractivity contribution in [2.45, 2.75) is 57.2 Å². The largest absolute Gasteiger partial charge is 0.339 e. The normalized spacial score (nSPS) is 26.9. The van der Waals surface area contributed by atoms with Crippen molar-refractivity contribution < 1.29 is 4.79 Å². The monoisotopic (exact) mass is 339 g/mol. The molecule has 0 spiro atoms. The van der Waals surface area contributed by atoms with Gasteiger partial charge in [-0.2, -0.15) is 0 Å². The number of rotatable bonds is 3. The average Bonchev–Trinajstić information content (AvgIpc) is 3.20. The van der Waals surface area contributed by atoms with Crippen LogP contribution in [0, 0.1) is 0 Å². The zero-order chi connectivity index (χ0) is 14.3. The van der Waals surface area contributed by atoms with Crippen molar-refractivity contribution in [2.75, 3.05) is 6.54 Å². The summed E-state index contributed by atoms with van der Waals surface area (Å²) in [5, 5.41) is 0. The van der Waals surface area contributed by atoms with Crippen molar-refractivity contribution in [3.05, 3.63) is 22.4 Å². The maximum absolute atomic E-state index is 13.0. The molecular weight excluding hydrogens is 318 g/mol. The smallest absolute Gasteiger partial charge is 0.271 e. The van der Waals surface area contributed by atoms with Gasteiger partial charge >= 0.3 is 0 Å². The van der Waals surface area contributed by atoms with Crippen LogP contribution < -0.4 is 5.73 Å². The molecule has 2 unspecified atom stereocenters. The highest BCUT2D eigenvalue weighted by Crippen LogP contribution is 2.38. The summed E-state index contributed by atoms with van der Waals surface area (Å²) in [7, 11) is 0. The third-order valence-electron chi connectivity index (χ3n) is 4.51. The third-order valence-corrected chi connectivity index (χ3v) is 4.94. The quantitative estimate of drug-likeness (QED) is 0.920. The van der Waals surface area contributed by atoms with Crippen LogP contribution in [0.1, 0.15) is 55.6 Å². The summed E-state index contributed by atoms with van der Waals surface area (Å²) in [6.45, 7) is 2.69. The Bertz CT molecular complexity index is 509. The molecule has 1 saturated carbocycles. The second-order valence-electron chi connectivity index (χ2n) is 6.06. The van der Waals surface area contributed by atoms with Crippen molar-refractivity contribution in [1.29, 1.82) is 0 Å². The molecule has 1 aromatic rings. The fourth-order valence-electron chi connectivity index (χ4n) is 3.29. The number of nitrogens with zero attached hydrogens (tertiary/aromatic N) is 2. The van der Waals surface area contributed by atoms with E-state index in [0.29, 0.717) is 12.6 Å². The number of carbonyl (C=O) groups excluding carboxylic acids is 1. The maximum atomic E-state index is 13.0. The van der Waals surface area contributed by atoms with Gasteiger partial charge in [-0.05, 0) is 61.0 Å². The van der Waals surface area contributed by atoms with Gasteiger partial charge in [-0.15, -0.1) is 0 Å². The molecule has 20 heavy (non-hydrogen) atoms. The van der Waals surface area contributed by atoms with E-state index in [4.69, 9.17) is 5.73 Å². The number of halogens is 1. The Morgan fingerprint density at radius 3 is 2.80 bits per heavy atom. The summed E-state index contributed by atoms with van der Waals surface area (Å²) in [6.07, 6.45) is 7.66. The number of carbonyl (C=O) groups is 1. The van der Waals surface area contributed by atoms with E-state index < -0.39 is 0 Å². The molecule has 1 amide bonds. The molecule has 0 aromatic carbocycles. The lowest BCUT2D eigenvalue weighted by Crippen LogP contribution is -2.52. The molecule has 2 fully saturated rings. The number of hydrogen-bond donors (Lipinski definition) is 1. The number of nitrogens with two attached hydrogens (primary N) is 1. The highest BCUT2D eigenvalue weighted by atomic mass is 79.9. The molecule has 3 rings (SSSR count). The van der Waals surface area contributed by atoms with Crippen molar-refractivity contribution in [2.24, 2.45) is 5.73 Å². The van der Waals surface area contributed by atoms with Gasteiger partial charge in [0.05, 0.1) is 0 Å². The Morgan fingerprint density at radius 1 is 1.40 bits per heavy atom. The number of amides is 1. The van der Waals surface area contributed by atoms with E-state index >= 15 is 0 Å². The van der Waals surface area contributed by atoms with Gasteiger partial charge in [0.2, 0.25) is 0 Å². The third kappa shape index (κ3) is 2.53. The van der Waals surface area contributed by atoms with Crippen LogP contribution in [0.2, 0.25) is 0 Å². The molecule has 1 saturated heterocycles. The molecule has 2 atom stereocenters. The molecule has 0 radical (unpaired) electrons. The van der Waals surface area contributed by atoms with Crippen LogP contribution in [0.5, 0.6) is 0 Å². The SMILES string of the molecule is CC1CCCC(CN)N1C(=O)c1cc(Br)cn1C1CC1. The van der Waals surface area contributed by atoms with E-state index in [1.54, 1.807) is 0 Å². The number of aromatic nitrogens is 1. The summed E-state index contributed by atoms with van der Waals surface area (Å²) < 4.78 is 3.13. The minimum Gasteiger partial charge on any atom is -0.339 e. The topological polar surface area (TPSA) is 51.3 Å². The van der Waals surface area contributed by atoms with Crippen LogP contribution in [-0.4, -0.2) is 34.0 Å². The second-order valence-corrected chi connectivity index (χ2v) is 6.98. The Hall–Kier alpha value is -0.810. The van der Waals surface area contributed by atoms with Crippen molar-refractivity contribution in [3.8, 4) is 0 Å². The standard InChI is InChI=1S/C15H22BrN3O/c1-10-3-2-4-13(8-17)19(10)15(20)14-7-11(16)9-18(14)12-5-6-12/h7,9-10,12-13H,2-6,8,17H2,1H3. The first kappa shape index (κ1) is 14.1. The molecule has 2 N–H and O–H groups in total. The maximum Gasteiger partial charge on any atom is 0.271 e. The van der Waals surface area contributed by atoms with Crippen LogP contribution in [0.25, 0.3) is 0 Å². The van der Waals surface area contributed by atoms with Gasteiger partial charge in [0, 0.05) is 35.3 Å². The fraction of sp³-hybridized carbons (Fsp3) is 0.667. The van der Waals surface area contributed by atoms with Crippen LogP contribution in [0.4, 0.5) is 0 Å². The van der Waals surface area contributed by atoms with E-state index in [1.807, 2.05) is 17.2 Å². The van der Waals surface area contributed by atoms with Gasteiger partial charge in [0.25, 0.3) is 5.91 Å². The van der Waals surface area contributed by atoms with Gasteiger partial charge in [0.15, 0.2) is 0 Å². The predicted molar refractivity (Wildman–Crippen MR) is 82.7 cm³/mol. The predicted octanol–water partition coefficient (Wildman–Crippen LogP) is 2.93. The van der Waals surface area contributed by atoms with Crippen LogP contribution in [0.3, 0.4) is 0 Å². The molecule has 2 aliphatic rings. The van der Waals surface area contributed by atoms with Crippen molar-refractivity contribution in [3.63, 3.8) is 0 Å². The van der Waals surface area contributed by atoms with Gasteiger partial charge < -0.3 is 15.2 Å². The van der Waals surface area contributed by atoms with E-state index in [2.05, 4.69) is 27.4 Å². The molecular formula is C15H22BrN3O. The molecule has 110 valence electrons. The Labute approximate surface area is 128 Å². The van der Waals surface area contributed by atoms with Gasteiger partial charge in [-0.3, -0.25) is 4.79 Å². The van der Waals surface area contributed by atoms with Crippen molar-refractivity contribution >= 4 is 21.8 Å². The zero-order valence-electron chi connectivity index (χ0n) is 11.9. The lowest BCUT2D eigenvalue weighted by atomic mass is 9.96. The number of likely N-dealkylation sites (tertiary alicyclic amines) is 1. The lowest BCUT2D eigenvalue weighted by Gasteiger charge is -2.40. The molecule has 1 aliphatic carbocycles.